The fourth-order valence-corrected chi connectivity index (χ4v) is 2.56. The van der Waals surface area contributed by atoms with E-state index in [4.69, 9.17) is 0 Å². The molecule has 0 atom stereocenters. The van der Waals surface area contributed by atoms with Crippen LogP contribution < -0.4 is 0 Å². The van der Waals surface area contributed by atoms with Crippen LogP contribution in [0.4, 0.5) is 0 Å². The lowest BCUT2D eigenvalue weighted by atomic mass is 10.5. The third-order valence-electron chi connectivity index (χ3n) is 1.70. The zero-order valence-electron chi connectivity index (χ0n) is 6.06. The first-order valence-electron chi connectivity index (χ1n) is 3.78. The summed E-state index contributed by atoms with van der Waals surface area (Å²) in [6.07, 6.45) is 9.41. The highest BCUT2D eigenvalue weighted by atomic mass is 28.2. The van der Waals surface area contributed by atoms with Crippen molar-refractivity contribution in [3.8, 4) is 0 Å². The van der Waals surface area contributed by atoms with Gasteiger partial charge < -0.3 is 0 Å². The fraction of sp³-hybridized carbons (Fsp3) is 0.500. The lowest BCUT2D eigenvalue weighted by Gasteiger charge is -1.95. The number of rotatable bonds is 3. The summed E-state index contributed by atoms with van der Waals surface area (Å²) in [5.74, 6) is 0. The summed E-state index contributed by atoms with van der Waals surface area (Å²) in [5, 5.41) is 1.75. The number of hydrogen-bond acceptors (Lipinski definition) is 0. The van der Waals surface area contributed by atoms with Gasteiger partial charge in [0.2, 0.25) is 0 Å². The molecule has 0 bridgehead atoms. The van der Waals surface area contributed by atoms with E-state index in [9.17, 15) is 0 Å². The van der Waals surface area contributed by atoms with Gasteiger partial charge in [0, 0.05) is 9.52 Å². The second-order valence-corrected chi connectivity index (χ2v) is 4.68. The van der Waals surface area contributed by atoms with Gasteiger partial charge in [0.05, 0.1) is 0 Å². The largest absolute Gasteiger partial charge is 0.0842 e. The molecule has 1 aliphatic carbocycles. The highest BCUT2D eigenvalue weighted by molar-refractivity contribution is 6.45. The van der Waals surface area contributed by atoms with E-state index in [1.807, 2.05) is 0 Å². The Morgan fingerprint density at radius 2 is 2.56 bits per heavy atom. The van der Waals surface area contributed by atoms with E-state index < -0.39 is 0 Å². The molecule has 9 heavy (non-hydrogen) atoms. The average Bonchev–Trinajstić information content (AvgIpc) is 2.34. The molecule has 1 aliphatic rings. The minimum Gasteiger partial charge on any atom is -0.0842 e. The molecule has 1 rings (SSSR count). The van der Waals surface area contributed by atoms with Gasteiger partial charge in [-0.2, -0.15) is 0 Å². The van der Waals surface area contributed by atoms with Crippen molar-refractivity contribution in [1.82, 2.24) is 0 Å². The smallest absolute Gasteiger partial charge is 0.0499 e. The lowest BCUT2D eigenvalue weighted by Crippen LogP contribution is -1.91. The van der Waals surface area contributed by atoms with E-state index in [2.05, 4.69) is 25.2 Å². The van der Waals surface area contributed by atoms with Crippen LogP contribution in [0.2, 0.25) is 6.04 Å². The zero-order chi connectivity index (χ0) is 6.53. The summed E-state index contributed by atoms with van der Waals surface area (Å²) in [6.45, 7) is 2.27. The molecule has 0 saturated heterocycles. The second kappa shape index (κ2) is 3.67. The van der Waals surface area contributed by atoms with Crippen molar-refractivity contribution in [1.29, 1.82) is 0 Å². The molecule has 0 spiro atoms. The molecule has 0 N–H and O–H groups in total. The summed E-state index contributed by atoms with van der Waals surface area (Å²) in [4.78, 5) is 0. The van der Waals surface area contributed by atoms with Gasteiger partial charge >= 0.3 is 0 Å². The minimum absolute atomic E-state index is 0.186. The van der Waals surface area contributed by atoms with Crippen molar-refractivity contribution in [3.63, 3.8) is 0 Å². The van der Waals surface area contributed by atoms with Crippen LogP contribution in [0.5, 0.6) is 0 Å². The molecule has 50 valence electrons. The highest BCUT2D eigenvalue weighted by Gasteiger charge is 1.97. The van der Waals surface area contributed by atoms with Gasteiger partial charge in [-0.25, -0.2) is 0 Å². The quantitative estimate of drug-likeness (QED) is 0.522. The van der Waals surface area contributed by atoms with Gasteiger partial charge in [-0.3, -0.25) is 0 Å². The minimum atomic E-state index is 0.186. The highest BCUT2D eigenvalue weighted by Crippen LogP contribution is 2.10. The van der Waals surface area contributed by atoms with Crippen LogP contribution in [0.15, 0.2) is 23.4 Å². The zero-order valence-corrected chi connectivity index (χ0v) is 7.47. The molecule has 0 aromatic carbocycles. The molecule has 0 unspecified atom stereocenters. The van der Waals surface area contributed by atoms with Crippen LogP contribution in [0.3, 0.4) is 0 Å². The molecular weight excluding hydrogens is 124 g/mol. The summed E-state index contributed by atoms with van der Waals surface area (Å²) in [5.41, 5.74) is 0. The predicted octanol–water partition coefficient (Wildman–Crippen LogP) is 1.83. The Morgan fingerprint density at radius 3 is 3.11 bits per heavy atom. The van der Waals surface area contributed by atoms with Gasteiger partial charge in [-0.05, 0) is 6.42 Å². The van der Waals surface area contributed by atoms with Gasteiger partial charge in [0.15, 0.2) is 0 Å². The fourth-order valence-electron chi connectivity index (χ4n) is 1.08. The molecule has 0 aliphatic heterocycles. The van der Waals surface area contributed by atoms with E-state index >= 15 is 0 Å². The predicted molar refractivity (Wildman–Crippen MR) is 45.5 cm³/mol. The molecule has 0 aromatic rings. The maximum Gasteiger partial charge on any atom is 0.0499 e. The van der Waals surface area contributed by atoms with E-state index in [1.165, 1.54) is 18.9 Å². The van der Waals surface area contributed by atoms with Crippen LogP contribution in [-0.2, 0) is 0 Å². The van der Waals surface area contributed by atoms with Crippen LogP contribution in [-0.4, -0.2) is 9.52 Å². The maximum atomic E-state index is 2.31. The lowest BCUT2D eigenvalue weighted by molar-refractivity contribution is 1.07. The first kappa shape index (κ1) is 6.81. The standard InChI is InChI=1S/C8H14Si/c1-2-7-9-8-5-3-4-6-8/h3-5H,2,6-7,9H2,1H3. The maximum absolute atomic E-state index is 2.31. The van der Waals surface area contributed by atoms with Crippen molar-refractivity contribution >= 4 is 9.52 Å². The van der Waals surface area contributed by atoms with Gasteiger partial charge in [-0.1, -0.05) is 42.8 Å². The first-order chi connectivity index (χ1) is 4.43. The van der Waals surface area contributed by atoms with Crippen LogP contribution in [0, 0.1) is 0 Å². The van der Waals surface area contributed by atoms with Crippen LogP contribution >= 0.6 is 0 Å². The van der Waals surface area contributed by atoms with Gasteiger partial charge in [0.1, 0.15) is 0 Å². The molecule has 0 fully saturated rings. The molecule has 0 amide bonds. The van der Waals surface area contributed by atoms with E-state index in [0.717, 1.165) is 0 Å². The van der Waals surface area contributed by atoms with Gasteiger partial charge in [-0.15, -0.1) is 0 Å². The summed E-state index contributed by atoms with van der Waals surface area (Å²) in [7, 11) is 0.186. The Labute approximate surface area is 59.5 Å². The number of allylic oxidation sites excluding steroid dienone is 4. The topological polar surface area (TPSA) is 0 Å². The average molecular weight is 138 g/mol. The normalized spacial score (nSPS) is 17.7. The summed E-state index contributed by atoms with van der Waals surface area (Å²) >= 11 is 0. The first-order valence-corrected chi connectivity index (χ1v) is 5.48. The monoisotopic (exact) mass is 138 g/mol. The van der Waals surface area contributed by atoms with Crippen molar-refractivity contribution in [2.75, 3.05) is 0 Å². The molecule has 0 heterocycles. The molecule has 0 nitrogen and oxygen atoms in total. The molecule has 1 heteroatoms. The Balaban J connectivity index is 2.14. The Bertz CT molecular complexity index is 134. The third kappa shape index (κ3) is 2.18. The van der Waals surface area contributed by atoms with Crippen LogP contribution in [0.1, 0.15) is 19.8 Å². The Kier molecular flexibility index (Phi) is 2.78. The Hall–Kier alpha value is -0.303. The molecule has 0 aromatic heterocycles. The SMILES string of the molecule is CCC[SiH2]C1=CC=CC1. The van der Waals surface area contributed by atoms with E-state index in [0.29, 0.717) is 0 Å². The summed E-state index contributed by atoms with van der Waals surface area (Å²) in [6, 6.07) is 1.49. The van der Waals surface area contributed by atoms with Crippen molar-refractivity contribution in [3.05, 3.63) is 23.4 Å². The van der Waals surface area contributed by atoms with Gasteiger partial charge in [0.25, 0.3) is 0 Å². The van der Waals surface area contributed by atoms with E-state index in [-0.39, 0.29) is 9.52 Å². The van der Waals surface area contributed by atoms with E-state index in [1.54, 1.807) is 5.20 Å². The molecule has 0 saturated carbocycles. The van der Waals surface area contributed by atoms with Crippen molar-refractivity contribution in [2.24, 2.45) is 0 Å². The summed E-state index contributed by atoms with van der Waals surface area (Å²) < 4.78 is 0. The molecular formula is C8H14Si. The second-order valence-electron chi connectivity index (χ2n) is 2.56. The third-order valence-corrected chi connectivity index (χ3v) is 3.93. The molecule has 0 radical (unpaired) electrons. The van der Waals surface area contributed by atoms with Crippen LogP contribution in [0.25, 0.3) is 0 Å². The number of hydrogen-bond donors (Lipinski definition) is 0. The van der Waals surface area contributed by atoms with Crippen molar-refractivity contribution < 1.29 is 0 Å². The van der Waals surface area contributed by atoms with Crippen molar-refractivity contribution in [2.45, 2.75) is 25.8 Å². The Morgan fingerprint density at radius 1 is 1.67 bits per heavy atom.